The van der Waals surface area contributed by atoms with E-state index in [2.05, 4.69) is 149 Å². The molecule has 0 atom stereocenters. The van der Waals surface area contributed by atoms with Gasteiger partial charge in [0.25, 0.3) is 0 Å². The van der Waals surface area contributed by atoms with Gasteiger partial charge in [0.1, 0.15) is 6.33 Å². The monoisotopic (exact) mass is 561 g/mol. The highest BCUT2D eigenvalue weighted by molar-refractivity contribution is 5.90. The van der Waals surface area contributed by atoms with E-state index in [4.69, 9.17) is 10.1 Å². The van der Waals surface area contributed by atoms with Gasteiger partial charge < -0.3 is 0 Å². The second-order valence-electron chi connectivity index (χ2n) is 12.3. The van der Waals surface area contributed by atoms with Crippen LogP contribution < -0.4 is 0 Å². The largest absolute Gasteiger partial charge is 0.220 e. The van der Waals surface area contributed by atoms with Crippen LogP contribution in [0.4, 0.5) is 0 Å². The van der Waals surface area contributed by atoms with Crippen molar-refractivity contribution in [1.29, 1.82) is 0 Å². The maximum atomic E-state index is 5.04. The number of hydrogen-bond acceptors (Lipinski definition) is 2. The Morgan fingerprint density at radius 3 is 1.91 bits per heavy atom. The van der Waals surface area contributed by atoms with Crippen molar-refractivity contribution >= 4 is 0 Å². The molecule has 0 aliphatic carbocycles. The summed E-state index contributed by atoms with van der Waals surface area (Å²) in [6.45, 7) is 9.10. The molecule has 0 radical (unpaired) electrons. The normalized spacial score (nSPS) is 11.5. The van der Waals surface area contributed by atoms with Gasteiger partial charge in [0.05, 0.1) is 5.69 Å². The Morgan fingerprint density at radius 1 is 0.628 bits per heavy atom. The highest BCUT2D eigenvalue weighted by Crippen LogP contribution is 2.43. The van der Waals surface area contributed by atoms with Crippen LogP contribution in [-0.2, 0) is 11.8 Å². The summed E-state index contributed by atoms with van der Waals surface area (Å²) in [6, 6.07) is 43.4. The second kappa shape index (κ2) is 12.2. The summed E-state index contributed by atoms with van der Waals surface area (Å²) in [7, 11) is 0. The molecule has 0 unspecified atom stereocenters. The van der Waals surface area contributed by atoms with Crippen molar-refractivity contribution in [2.75, 3.05) is 0 Å². The molecule has 6 rings (SSSR count). The summed E-state index contributed by atoms with van der Waals surface area (Å²) in [4.78, 5) is 4.85. The average Bonchev–Trinajstić information content (AvgIpc) is 3.54. The minimum atomic E-state index is -0.102. The number of para-hydroxylation sites is 1. The third kappa shape index (κ3) is 6.08. The van der Waals surface area contributed by atoms with E-state index in [1.165, 1.54) is 44.5 Å². The number of nitrogens with zero attached hydrogens (tertiary/aromatic N) is 3. The van der Waals surface area contributed by atoms with Crippen molar-refractivity contribution in [3.05, 3.63) is 139 Å². The molecular weight excluding hydrogens is 522 g/mol. The molecule has 0 amide bonds. The van der Waals surface area contributed by atoms with Crippen molar-refractivity contribution < 1.29 is 0 Å². The molecular formula is C40H39N3. The van der Waals surface area contributed by atoms with Gasteiger partial charge in [-0.1, -0.05) is 137 Å². The van der Waals surface area contributed by atoms with Gasteiger partial charge in [-0.3, -0.25) is 0 Å². The number of unbranched alkanes of at least 4 members (excludes halogenated alkanes) is 1. The molecule has 0 fully saturated rings. The Bertz CT molecular complexity index is 1810. The second-order valence-corrected chi connectivity index (χ2v) is 12.3. The van der Waals surface area contributed by atoms with Crippen LogP contribution in [0.5, 0.6) is 0 Å². The summed E-state index contributed by atoms with van der Waals surface area (Å²) in [5, 5.41) is 5.04. The number of rotatable bonds is 8. The fourth-order valence-corrected chi connectivity index (χ4v) is 5.80. The lowest BCUT2D eigenvalue weighted by atomic mass is 9.77. The molecule has 0 aliphatic heterocycles. The molecule has 0 aliphatic rings. The topological polar surface area (TPSA) is 30.7 Å². The van der Waals surface area contributed by atoms with Gasteiger partial charge in [0, 0.05) is 5.56 Å². The van der Waals surface area contributed by atoms with Crippen LogP contribution in [0.2, 0.25) is 0 Å². The first-order valence-corrected chi connectivity index (χ1v) is 15.3. The van der Waals surface area contributed by atoms with Crippen LogP contribution in [-0.4, -0.2) is 14.8 Å². The molecule has 0 saturated heterocycles. The third-order valence-corrected chi connectivity index (χ3v) is 8.10. The third-order valence-electron chi connectivity index (χ3n) is 8.10. The smallest absolute Gasteiger partial charge is 0.181 e. The number of hydrogen-bond donors (Lipinski definition) is 0. The predicted molar refractivity (Wildman–Crippen MR) is 180 cm³/mol. The Morgan fingerprint density at radius 2 is 1.23 bits per heavy atom. The zero-order valence-electron chi connectivity index (χ0n) is 25.6. The Kier molecular flexibility index (Phi) is 8.07. The molecule has 0 saturated carbocycles. The van der Waals surface area contributed by atoms with Crippen LogP contribution >= 0.6 is 0 Å². The van der Waals surface area contributed by atoms with Gasteiger partial charge in [-0.25, -0.2) is 9.67 Å². The van der Waals surface area contributed by atoms with Gasteiger partial charge in [0.15, 0.2) is 5.82 Å². The zero-order valence-corrected chi connectivity index (χ0v) is 25.6. The van der Waals surface area contributed by atoms with Crippen LogP contribution in [0.15, 0.2) is 128 Å². The van der Waals surface area contributed by atoms with Crippen LogP contribution in [0.1, 0.15) is 51.7 Å². The summed E-state index contributed by atoms with van der Waals surface area (Å²) in [5.74, 6) is 0.734. The van der Waals surface area contributed by atoms with E-state index >= 15 is 0 Å². The van der Waals surface area contributed by atoms with E-state index in [1.807, 2.05) is 11.0 Å². The maximum Gasteiger partial charge on any atom is 0.181 e. The summed E-state index contributed by atoms with van der Waals surface area (Å²) >= 11 is 0. The summed E-state index contributed by atoms with van der Waals surface area (Å²) in [5.41, 5.74) is 11.9. The van der Waals surface area contributed by atoms with Crippen LogP contribution in [0, 0.1) is 0 Å². The fourth-order valence-electron chi connectivity index (χ4n) is 5.80. The predicted octanol–water partition coefficient (Wildman–Crippen LogP) is 10.6. The summed E-state index contributed by atoms with van der Waals surface area (Å²) in [6.07, 6.45) is 5.21. The van der Waals surface area contributed by atoms with E-state index in [0.29, 0.717) is 0 Å². The van der Waals surface area contributed by atoms with Gasteiger partial charge in [-0.05, 0) is 81.0 Å². The van der Waals surface area contributed by atoms with Crippen molar-refractivity contribution in [3.63, 3.8) is 0 Å². The molecule has 1 aromatic heterocycles. The quantitative estimate of drug-likeness (QED) is 0.185. The van der Waals surface area contributed by atoms with E-state index in [-0.39, 0.29) is 5.41 Å². The lowest BCUT2D eigenvalue weighted by Gasteiger charge is -2.27. The van der Waals surface area contributed by atoms with E-state index < -0.39 is 0 Å². The molecule has 5 aromatic carbocycles. The molecule has 0 spiro atoms. The highest BCUT2D eigenvalue weighted by Gasteiger charge is 2.24. The Balaban J connectivity index is 1.51. The standard InChI is InChI=1S/C40H39N3/c1-5-6-15-32-18-13-14-21-37(32)43-28-41-39(42-43)34-26-35(31-24-22-30(23-25-31)29-16-9-7-10-17-29)38(33-19-11-8-12-20-33)36(27-34)40(2,3)4/h7-14,16-28H,5-6,15H2,1-4H3. The van der Waals surface area contributed by atoms with Gasteiger partial charge in [-0.2, -0.15) is 0 Å². The van der Waals surface area contributed by atoms with E-state index in [9.17, 15) is 0 Å². The molecule has 1 heterocycles. The first-order chi connectivity index (χ1) is 20.9. The van der Waals surface area contributed by atoms with Crippen LogP contribution in [0.3, 0.4) is 0 Å². The minimum Gasteiger partial charge on any atom is -0.220 e. The molecule has 3 heteroatoms. The maximum absolute atomic E-state index is 5.04. The summed E-state index contributed by atoms with van der Waals surface area (Å²) < 4.78 is 1.94. The van der Waals surface area contributed by atoms with Gasteiger partial charge >= 0.3 is 0 Å². The molecule has 3 nitrogen and oxygen atoms in total. The van der Waals surface area contributed by atoms with Gasteiger partial charge in [-0.15, -0.1) is 5.10 Å². The number of benzene rings is 5. The average molecular weight is 562 g/mol. The Hall–Kier alpha value is -4.76. The molecule has 6 aromatic rings. The molecule has 43 heavy (non-hydrogen) atoms. The molecule has 0 bridgehead atoms. The van der Waals surface area contributed by atoms with Crippen molar-refractivity contribution in [3.8, 4) is 50.5 Å². The fraction of sp³-hybridized carbons (Fsp3) is 0.200. The molecule has 214 valence electrons. The van der Waals surface area contributed by atoms with Crippen molar-refractivity contribution in [2.24, 2.45) is 0 Å². The Labute approximate surface area is 255 Å². The first kappa shape index (κ1) is 28.4. The van der Waals surface area contributed by atoms with E-state index in [0.717, 1.165) is 36.3 Å². The molecule has 0 N–H and O–H groups in total. The lowest BCUT2D eigenvalue weighted by Crippen LogP contribution is -2.14. The zero-order chi connectivity index (χ0) is 29.8. The van der Waals surface area contributed by atoms with Crippen LogP contribution in [0.25, 0.3) is 50.5 Å². The first-order valence-electron chi connectivity index (χ1n) is 15.3. The highest BCUT2D eigenvalue weighted by atomic mass is 15.3. The van der Waals surface area contributed by atoms with Crippen molar-refractivity contribution in [2.45, 2.75) is 52.4 Å². The number of aromatic nitrogens is 3. The van der Waals surface area contributed by atoms with Gasteiger partial charge in [0.2, 0.25) is 0 Å². The lowest BCUT2D eigenvalue weighted by molar-refractivity contribution is 0.592. The number of aryl methyl sites for hydroxylation is 1. The van der Waals surface area contributed by atoms with Crippen molar-refractivity contribution in [1.82, 2.24) is 14.8 Å². The van der Waals surface area contributed by atoms with E-state index in [1.54, 1.807) is 0 Å². The minimum absolute atomic E-state index is 0.102. The SMILES string of the molecule is CCCCc1ccccc1-n1cnc(-c2cc(-c3ccc(-c4ccccc4)cc3)c(-c3ccccc3)c(C(C)(C)C)c2)n1.